The molecule has 0 bridgehead atoms. The first-order valence-corrected chi connectivity index (χ1v) is 3.79. The molecule has 1 aromatic heterocycles. The van der Waals surface area contributed by atoms with Gasteiger partial charge in [0.2, 0.25) is 0 Å². The second-order valence-electron chi connectivity index (χ2n) is 2.48. The van der Waals surface area contributed by atoms with Gasteiger partial charge in [-0.05, 0) is 6.07 Å². The van der Waals surface area contributed by atoms with Crippen molar-refractivity contribution in [3.8, 4) is 0 Å². The predicted octanol–water partition coefficient (Wildman–Crippen LogP) is 0.115. The Balaban J connectivity index is 2.77. The van der Waals surface area contributed by atoms with Crippen molar-refractivity contribution in [3.63, 3.8) is 0 Å². The van der Waals surface area contributed by atoms with Gasteiger partial charge >= 0.3 is 0 Å². The van der Waals surface area contributed by atoms with E-state index in [1.54, 1.807) is 25.4 Å². The SMILES string of the molecule is CNc1ccc([C@@H](O)CN)cn1. The number of hydrogen-bond donors (Lipinski definition) is 3. The molecule has 0 aliphatic rings. The van der Waals surface area contributed by atoms with Crippen LogP contribution in [0.2, 0.25) is 0 Å². The molecule has 0 radical (unpaired) electrons. The molecule has 0 spiro atoms. The van der Waals surface area contributed by atoms with E-state index in [0.717, 1.165) is 11.4 Å². The highest BCUT2D eigenvalue weighted by molar-refractivity contribution is 5.34. The van der Waals surface area contributed by atoms with Crippen LogP contribution in [0, 0.1) is 0 Å². The first-order valence-electron chi connectivity index (χ1n) is 3.79. The summed E-state index contributed by atoms with van der Waals surface area (Å²) in [6, 6.07) is 3.60. The van der Waals surface area contributed by atoms with Gasteiger partial charge in [-0.25, -0.2) is 4.98 Å². The lowest BCUT2D eigenvalue weighted by molar-refractivity contribution is 0.186. The molecular weight excluding hydrogens is 154 g/mol. The monoisotopic (exact) mass is 167 g/mol. The molecule has 0 aliphatic carbocycles. The lowest BCUT2D eigenvalue weighted by atomic mass is 10.2. The van der Waals surface area contributed by atoms with Crippen LogP contribution in [0.4, 0.5) is 5.82 Å². The van der Waals surface area contributed by atoms with Crippen molar-refractivity contribution in [2.45, 2.75) is 6.10 Å². The number of aliphatic hydroxyl groups excluding tert-OH is 1. The van der Waals surface area contributed by atoms with Gasteiger partial charge < -0.3 is 16.2 Å². The van der Waals surface area contributed by atoms with Crippen LogP contribution < -0.4 is 11.1 Å². The minimum Gasteiger partial charge on any atom is -0.387 e. The van der Waals surface area contributed by atoms with Crippen molar-refractivity contribution < 1.29 is 5.11 Å². The maximum Gasteiger partial charge on any atom is 0.125 e. The van der Waals surface area contributed by atoms with Gasteiger partial charge in [0.05, 0.1) is 6.10 Å². The molecule has 4 heteroatoms. The Morgan fingerprint density at radius 3 is 2.83 bits per heavy atom. The molecule has 1 rings (SSSR count). The number of aromatic nitrogens is 1. The van der Waals surface area contributed by atoms with Crippen molar-refractivity contribution in [1.29, 1.82) is 0 Å². The molecule has 1 atom stereocenters. The van der Waals surface area contributed by atoms with E-state index in [1.807, 2.05) is 0 Å². The predicted molar refractivity (Wildman–Crippen MR) is 47.8 cm³/mol. The number of aliphatic hydroxyl groups is 1. The van der Waals surface area contributed by atoms with Crippen LogP contribution in [0.3, 0.4) is 0 Å². The summed E-state index contributed by atoms with van der Waals surface area (Å²) in [5.74, 6) is 0.781. The summed E-state index contributed by atoms with van der Waals surface area (Å²) in [5.41, 5.74) is 6.03. The standard InChI is InChI=1S/C8H13N3O/c1-10-8-3-2-6(5-11-8)7(12)4-9/h2-3,5,7,12H,4,9H2,1H3,(H,10,11)/t7-/m0/s1. The van der Waals surface area contributed by atoms with Crippen LogP contribution in [0.1, 0.15) is 11.7 Å². The first-order chi connectivity index (χ1) is 5.77. The molecule has 0 aromatic carbocycles. The zero-order chi connectivity index (χ0) is 8.97. The number of nitrogens with one attached hydrogen (secondary N) is 1. The summed E-state index contributed by atoms with van der Waals surface area (Å²) in [5, 5.41) is 12.2. The summed E-state index contributed by atoms with van der Waals surface area (Å²) in [6.45, 7) is 0.223. The summed E-state index contributed by atoms with van der Waals surface area (Å²) in [7, 11) is 1.79. The highest BCUT2D eigenvalue weighted by Gasteiger charge is 2.03. The number of rotatable bonds is 3. The second-order valence-corrected chi connectivity index (χ2v) is 2.48. The average molecular weight is 167 g/mol. The molecule has 0 saturated carbocycles. The Kier molecular flexibility index (Phi) is 3.01. The third kappa shape index (κ3) is 1.93. The van der Waals surface area contributed by atoms with E-state index in [2.05, 4.69) is 10.3 Å². The van der Waals surface area contributed by atoms with Crippen molar-refractivity contribution in [3.05, 3.63) is 23.9 Å². The smallest absolute Gasteiger partial charge is 0.125 e. The fourth-order valence-corrected chi connectivity index (χ4v) is 0.886. The summed E-state index contributed by atoms with van der Waals surface area (Å²) >= 11 is 0. The molecule has 1 aromatic rings. The maximum atomic E-state index is 9.31. The van der Waals surface area contributed by atoms with E-state index in [1.165, 1.54) is 0 Å². The Morgan fingerprint density at radius 2 is 2.42 bits per heavy atom. The maximum absolute atomic E-state index is 9.31. The lowest BCUT2D eigenvalue weighted by Gasteiger charge is -2.07. The van der Waals surface area contributed by atoms with Crippen LogP contribution in [-0.2, 0) is 0 Å². The molecule has 12 heavy (non-hydrogen) atoms. The van der Waals surface area contributed by atoms with E-state index in [-0.39, 0.29) is 6.54 Å². The zero-order valence-corrected chi connectivity index (χ0v) is 6.99. The molecule has 1 heterocycles. The van der Waals surface area contributed by atoms with Crippen LogP contribution >= 0.6 is 0 Å². The van der Waals surface area contributed by atoms with E-state index < -0.39 is 6.10 Å². The van der Waals surface area contributed by atoms with Gasteiger partial charge in [-0.15, -0.1) is 0 Å². The van der Waals surface area contributed by atoms with E-state index in [9.17, 15) is 5.11 Å². The zero-order valence-electron chi connectivity index (χ0n) is 6.99. The Labute approximate surface area is 71.4 Å². The molecule has 0 saturated heterocycles. The highest BCUT2D eigenvalue weighted by atomic mass is 16.3. The normalized spacial score (nSPS) is 12.6. The summed E-state index contributed by atoms with van der Waals surface area (Å²) < 4.78 is 0. The van der Waals surface area contributed by atoms with Gasteiger partial charge in [-0.2, -0.15) is 0 Å². The van der Waals surface area contributed by atoms with Gasteiger partial charge in [0.15, 0.2) is 0 Å². The number of anilines is 1. The highest BCUT2D eigenvalue weighted by Crippen LogP contribution is 2.11. The van der Waals surface area contributed by atoms with Crippen molar-refractivity contribution in [2.24, 2.45) is 5.73 Å². The molecule has 0 aliphatic heterocycles. The molecule has 4 N–H and O–H groups in total. The quantitative estimate of drug-likeness (QED) is 0.597. The van der Waals surface area contributed by atoms with E-state index >= 15 is 0 Å². The third-order valence-corrected chi connectivity index (χ3v) is 1.65. The summed E-state index contributed by atoms with van der Waals surface area (Å²) in [6.07, 6.45) is 1.01. The average Bonchev–Trinajstić information content (AvgIpc) is 2.17. The van der Waals surface area contributed by atoms with Crippen molar-refractivity contribution >= 4 is 5.82 Å². The van der Waals surface area contributed by atoms with Crippen LogP contribution in [0.25, 0.3) is 0 Å². The molecule has 66 valence electrons. The summed E-state index contributed by atoms with van der Waals surface area (Å²) in [4.78, 5) is 4.04. The Morgan fingerprint density at radius 1 is 1.67 bits per heavy atom. The minimum atomic E-state index is -0.608. The molecule has 4 nitrogen and oxygen atoms in total. The molecule has 0 amide bonds. The Bertz CT molecular complexity index is 235. The van der Waals surface area contributed by atoms with Gasteiger partial charge in [-0.3, -0.25) is 0 Å². The fraction of sp³-hybridized carbons (Fsp3) is 0.375. The largest absolute Gasteiger partial charge is 0.387 e. The topological polar surface area (TPSA) is 71.2 Å². The molecular formula is C8H13N3O. The third-order valence-electron chi connectivity index (χ3n) is 1.65. The second kappa shape index (κ2) is 4.04. The number of nitrogens with two attached hydrogens (primary N) is 1. The first kappa shape index (κ1) is 8.96. The van der Waals surface area contributed by atoms with E-state index in [0.29, 0.717) is 0 Å². The van der Waals surface area contributed by atoms with Gasteiger partial charge in [0.1, 0.15) is 5.82 Å². The van der Waals surface area contributed by atoms with Crippen LogP contribution in [0.15, 0.2) is 18.3 Å². The minimum absolute atomic E-state index is 0.223. The number of hydrogen-bond acceptors (Lipinski definition) is 4. The number of pyridine rings is 1. The van der Waals surface area contributed by atoms with Crippen LogP contribution in [0.5, 0.6) is 0 Å². The lowest BCUT2D eigenvalue weighted by Crippen LogP contribution is -2.11. The van der Waals surface area contributed by atoms with Crippen molar-refractivity contribution in [1.82, 2.24) is 4.98 Å². The number of nitrogens with zero attached hydrogens (tertiary/aromatic N) is 1. The van der Waals surface area contributed by atoms with Crippen molar-refractivity contribution in [2.75, 3.05) is 18.9 Å². The Hall–Kier alpha value is -1.13. The van der Waals surface area contributed by atoms with Gasteiger partial charge in [-0.1, -0.05) is 6.07 Å². The fourth-order valence-electron chi connectivity index (χ4n) is 0.886. The molecule has 0 fully saturated rings. The van der Waals surface area contributed by atoms with E-state index in [4.69, 9.17) is 5.73 Å². The van der Waals surface area contributed by atoms with Crippen LogP contribution in [-0.4, -0.2) is 23.7 Å². The van der Waals surface area contributed by atoms with Gasteiger partial charge in [0, 0.05) is 25.4 Å². The van der Waals surface area contributed by atoms with Gasteiger partial charge in [0.25, 0.3) is 0 Å². The molecule has 0 unspecified atom stereocenters.